The summed E-state index contributed by atoms with van der Waals surface area (Å²) in [5, 5.41) is 8.83. The summed E-state index contributed by atoms with van der Waals surface area (Å²) >= 11 is 0. The summed E-state index contributed by atoms with van der Waals surface area (Å²) in [5.74, 6) is -1.97. The average Bonchev–Trinajstić information content (AvgIpc) is 2.03. The molecule has 4 heteroatoms. The first kappa shape index (κ1) is 9.92. The van der Waals surface area contributed by atoms with Crippen LogP contribution in [0.5, 0.6) is 5.75 Å². The van der Waals surface area contributed by atoms with Gasteiger partial charge in [-0.1, -0.05) is 6.07 Å². The van der Waals surface area contributed by atoms with Gasteiger partial charge in [0.15, 0.2) is 17.4 Å². The van der Waals surface area contributed by atoms with Gasteiger partial charge in [-0.15, -0.1) is 0 Å². The van der Waals surface area contributed by atoms with Crippen LogP contribution >= 0.6 is 0 Å². The summed E-state index contributed by atoms with van der Waals surface area (Å²) in [6.07, 6.45) is -0.751. The van der Waals surface area contributed by atoms with Crippen molar-refractivity contribution in [2.24, 2.45) is 0 Å². The quantitative estimate of drug-likeness (QED) is 0.782. The summed E-state index contributed by atoms with van der Waals surface area (Å²) in [7, 11) is 0. The Bertz CT molecular complexity index is 267. The molecule has 2 nitrogen and oxygen atoms in total. The first-order chi connectivity index (χ1) is 6.11. The Kier molecular flexibility index (Phi) is 3.19. The molecule has 0 spiro atoms. The summed E-state index contributed by atoms with van der Waals surface area (Å²) in [6.45, 7) is 1.34. The van der Waals surface area contributed by atoms with E-state index >= 15 is 0 Å². The molecule has 0 aromatic heterocycles. The minimum atomic E-state index is -0.763. The van der Waals surface area contributed by atoms with Gasteiger partial charge in [0.05, 0.1) is 6.10 Å². The lowest BCUT2D eigenvalue weighted by Gasteiger charge is -2.09. The Morgan fingerprint density at radius 1 is 1.38 bits per heavy atom. The smallest absolute Gasteiger partial charge is 0.190 e. The third-order valence-corrected chi connectivity index (χ3v) is 1.39. The maximum atomic E-state index is 12.9. The normalized spacial score (nSPS) is 12.6. The van der Waals surface area contributed by atoms with Crippen molar-refractivity contribution in [1.82, 2.24) is 0 Å². The van der Waals surface area contributed by atoms with E-state index in [9.17, 15) is 8.78 Å². The van der Waals surface area contributed by atoms with E-state index < -0.39 is 23.5 Å². The van der Waals surface area contributed by atoms with Crippen molar-refractivity contribution in [1.29, 1.82) is 0 Å². The molecule has 72 valence electrons. The standard InChI is InChI=1S/C9H10F2O2/c1-6(12)5-13-9-7(10)3-2-4-8(9)11/h2-4,6,12H,5H2,1H3. The number of para-hydroxylation sites is 1. The van der Waals surface area contributed by atoms with Crippen molar-refractivity contribution < 1.29 is 18.6 Å². The second-order valence-corrected chi connectivity index (χ2v) is 2.71. The van der Waals surface area contributed by atoms with E-state index in [2.05, 4.69) is 0 Å². The number of benzene rings is 1. The van der Waals surface area contributed by atoms with Gasteiger partial charge >= 0.3 is 0 Å². The van der Waals surface area contributed by atoms with Crippen molar-refractivity contribution in [2.75, 3.05) is 6.61 Å². The predicted octanol–water partition coefficient (Wildman–Crippen LogP) is 1.72. The zero-order valence-corrected chi connectivity index (χ0v) is 7.13. The van der Waals surface area contributed by atoms with Crippen molar-refractivity contribution in [3.63, 3.8) is 0 Å². The fourth-order valence-electron chi connectivity index (χ4n) is 0.824. The minimum absolute atomic E-state index is 0.127. The predicted molar refractivity (Wildman–Crippen MR) is 43.5 cm³/mol. The van der Waals surface area contributed by atoms with E-state index in [0.29, 0.717) is 0 Å². The number of aliphatic hydroxyl groups excluding tert-OH is 1. The van der Waals surface area contributed by atoms with Crippen LogP contribution in [-0.4, -0.2) is 17.8 Å². The SMILES string of the molecule is CC(O)COc1c(F)cccc1F. The fraction of sp³-hybridized carbons (Fsp3) is 0.333. The highest BCUT2D eigenvalue weighted by Gasteiger charge is 2.09. The number of hydrogen-bond donors (Lipinski definition) is 1. The molecule has 0 aliphatic carbocycles. The van der Waals surface area contributed by atoms with Crippen LogP contribution in [0.15, 0.2) is 18.2 Å². The number of rotatable bonds is 3. The van der Waals surface area contributed by atoms with Crippen LogP contribution in [-0.2, 0) is 0 Å². The van der Waals surface area contributed by atoms with Gasteiger partial charge in [0.1, 0.15) is 6.61 Å². The van der Waals surface area contributed by atoms with Gasteiger partial charge in [0.2, 0.25) is 0 Å². The van der Waals surface area contributed by atoms with E-state index in [1.54, 1.807) is 0 Å². The summed E-state index contributed by atoms with van der Waals surface area (Å²) < 4.78 is 30.4. The van der Waals surface area contributed by atoms with E-state index in [4.69, 9.17) is 9.84 Å². The summed E-state index contributed by atoms with van der Waals surface area (Å²) in [6, 6.07) is 3.45. The Hall–Kier alpha value is -1.16. The maximum absolute atomic E-state index is 12.9. The second kappa shape index (κ2) is 4.18. The molecule has 1 N–H and O–H groups in total. The lowest BCUT2D eigenvalue weighted by Crippen LogP contribution is -2.14. The highest BCUT2D eigenvalue weighted by atomic mass is 19.1. The van der Waals surface area contributed by atoms with Crippen molar-refractivity contribution in [3.05, 3.63) is 29.8 Å². The molecule has 0 radical (unpaired) electrons. The van der Waals surface area contributed by atoms with Crippen molar-refractivity contribution in [3.8, 4) is 5.75 Å². The third-order valence-electron chi connectivity index (χ3n) is 1.39. The average molecular weight is 188 g/mol. The molecular formula is C9H10F2O2. The fourth-order valence-corrected chi connectivity index (χ4v) is 0.824. The zero-order valence-electron chi connectivity index (χ0n) is 7.13. The van der Waals surface area contributed by atoms with Crippen LogP contribution < -0.4 is 4.74 Å². The van der Waals surface area contributed by atoms with Gasteiger partial charge in [-0.25, -0.2) is 8.78 Å². The third kappa shape index (κ3) is 2.66. The Labute approximate surface area is 74.8 Å². The number of ether oxygens (including phenoxy) is 1. The lowest BCUT2D eigenvalue weighted by atomic mass is 10.3. The van der Waals surface area contributed by atoms with Crippen LogP contribution in [0.25, 0.3) is 0 Å². The number of hydrogen-bond acceptors (Lipinski definition) is 2. The number of aliphatic hydroxyl groups is 1. The largest absolute Gasteiger partial charge is 0.485 e. The minimum Gasteiger partial charge on any atom is -0.485 e. The zero-order chi connectivity index (χ0) is 9.84. The molecule has 1 aromatic rings. The van der Waals surface area contributed by atoms with E-state index in [0.717, 1.165) is 12.1 Å². The number of halogens is 2. The molecule has 0 aliphatic heterocycles. The first-order valence-corrected chi connectivity index (χ1v) is 3.86. The molecule has 0 heterocycles. The molecule has 1 unspecified atom stereocenters. The lowest BCUT2D eigenvalue weighted by molar-refractivity contribution is 0.117. The summed E-state index contributed by atoms with van der Waals surface area (Å²) in [5.41, 5.74) is 0. The molecule has 13 heavy (non-hydrogen) atoms. The Balaban J connectivity index is 2.75. The van der Waals surface area contributed by atoms with Crippen molar-refractivity contribution in [2.45, 2.75) is 13.0 Å². The first-order valence-electron chi connectivity index (χ1n) is 3.86. The molecule has 0 saturated carbocycles. The van der Waals surface area contributed by atoms with Gasteiger partial charge in [0.25, 0.3) is 0 Å². The van der Waals surface area contributed by atoms with E-state index in [1.165, 1.54) is 13.0 Å². The molecule has 0 saturated heterocycles. The molecule has 0 amide bonds. The van der Waals surface area contributed by atoms with Crippen LogP contribution in [0.2, 0.25) is 0 Å². The monoisotopic (exact) mass is 188 g/mol. The molecule has 0 aliphatic rings. The van der Waals surface area contributed by atoms with Crippen LogP contribution in [0.4, 0.5) is 8.78 Å². The molecule has 1 aromatic carbocycles. The molecule has 0 bridgehead atoms. The van der Waals surface area contributed by atoms with Crippen LogP contribution in [0.1, 0.15) is 6.92 Å². The Morgan fingerprint density at radius 3 is 2.38 bits per heavy atom. The molecular weight excluding hydrogens is 178 g/mol. The van der Waals surface area contributed by atoms with Gasteiger partial charge < -0.3 is 9.84 Å². The van der Waals surface area contributed by atoms with Crippen LogP contribution in [0, 0.1) is 11.6 Å². The van der Waals surface area contributed by atoms with Crippen LogP contribution in [0.3, 0.4) is 0 Å². The topological polar surface area (TPSA) is 29.5 Å². The van der Waals surface area contributed by atoms with Gasteiger partial charge in [-0.3, -0.25) is 0 Å². The maximum Gasteiger partial charge on any atom is 0.190 e. The van der Waals surface area contributed by atoms with Crippen molar-refractivity contribution >= 4 is 0 Å². The van der Waals surface area contributed by atoms with Gasteiger partial charge in [-0.2, -0.15) is 0 Å². The molecule has 0 fully saturated rings. The van der Waals surface area contributed by atoms with Gasteiger partial charge in [0, 0.05) is 0 Å². The summed E-state index contributed by atoms with van der Waals surface area (Å²) in [4.78, 5) is 0. The highest BCUT2D eigenvalue weighted by molar-refractivity contribution is 5.25. The van der Waals surface area contributed by atoms with Gasteiger partial charge in [-0.05, 0) is 19.1 Å². The van der Waals surface area contributed by atoms with E-state index in [-0.39, 0.29) is 6.61 Å². The highest BCUT2D eigenvalue weighted by Crippen LogP contribution is 2.20. The second-order valence-electron chi connectivity index (χ2n) is 2.71. The molecule has 1 atom stereocenters. The Morgan fingerprint density at radius 2 is 1.92 bits per heavy atom. The molecule has 1 rings (SSSR count). The van der Waals surface area contributed by atoms with E-state index in [1.807, 2.05) is 0 Å².